The number of carbonyl (C=O) groups is 3. The third-order valence-electron chi connectivity index (χ3n) is 5.04. The molecule has 8 heteroatoms. The van der Waals surface area contributed by atoms with Crippen molar-refractivity contribution in [2.24, 2.45) is 5.92 Å². The van der Waals surface area contributed by atoms with Crippen molar-refractivity contribution in [3.63, 3.8) is 0 Å². The van der Waals surface area contributed by atoms with E-state index in [-0.39, 0.29) is 24.3 Å². The van der Waals surface area contributed by atoms with Crippen LogP contribution in [0.1, 0.15) is 19.3 Å². The van der Waals surface area contributed by atoms with Gasteiger partial charge in [-0.2, -0.15) is 11.8 Å². The molecule has 1 aromatic carbocycles. The van der Waals surface area contributed by atoms with Crippen LogP contribution in [0.5, 0.6) is 5.75 Å². The van der Waals surface area contributed by atoms with Gasteiger partial charge in [0.15, 0.2) is 6.61 Å². The summed E-state index contributed by atoms with van der Waals surface area (Å²) >= 11 is 1.53. The van der Waals surface area contributed by atoms with Gasteiger partial charge in [0.2, 0.25) is 5.91 Å². The molecule has 0 aliphatic carbocycles. The molecule has 2 fully saturated rings. The lowest BCUT2D eigenvalue weighted by Gasteiger charge is -2.34. The smallest absolute Gasteiger partial charge is 0.330 e. The molecule has 2 aliphatic heterocycles. The Kier molecular flexibility index (Phi) is 6.26. The Morgan fingerprint density at radius 1 is 1.30 bits per heavy atom. The number of rotatable bonds is 6. The van der Waals surface area contributed by atoms with Crippen LogP contribution in [0, 0.1) is 5.92 Å². The van der Waals surface area contributed by atoms with Gasteiger partial charge in [-0.15, -0.1) is 0 Å². The molecular formula is C19H24N2O5S. The number of nitrogens with zero attached hydrogens (tertiary/aromatic N) is 1. The molecule has 0 saturated carbocycles. The first-order chi connectivity index (χ1) is 13.0. The highest BCUT2D eigenvalue weighted by Gasteiger charge is 2.44. The SMILES string of the molecule is O=C(NC1(C(=O)O)CCSC1)C1CCCN(C(=O)COc2ccccc2)C1. The van der Waals surface area contributed by atoms with Crippen molar-refractivity contribution < 1.29 is 24.2 Å². The summed E-state index contributed by atoms with van der Waals surface area (Å²) in [7, 11) is 0. The van der Waals surface area contributed by atoms with Gasteiger partial charge >= 0.3 is 5.97 Å². The highest BCUT2D eigenvalue weighted by molar-refractivity contribution is 7.99. The Bertz CT molecular complexity index is 691. The zero-order valence-electron chi connectivity index (χ0n) is 15.1. The molecule has 2 heterocycles. The Morgan fingerprint density at radius 2 is 2.07 bits per heavy atom. The molecule has 2 saturated heterocycles. The van der Waals surface area contributed by atoms with E-state index >= 15 is 0 Å². The van der Waals surface area contributed by atoms with E-state index in [9.17, 15) is 19.5 Å². The van der Waals surface area contributed by atoms with Crippen molar-refractivity contribution in [2.45, 2.75) is 24.8 Å². The fourth-order valence-electron chi connectivity index (χ4n) is 3.39. The number of amides is 2. The highest BCUT2D eigenvalue weighted by Crippen LogP contribution is 2.29. The fraction of sp³-hybridized carbons (Fsp3) is 0.526. The lowest BCUT2D eigenvalue weighted by atomic mass is 9.93. The molecule has 1 aromatic rings. The van der Waals surface area contributed by atoms with Gasteiger partial charge in [0.05, 0.1) is 5.92 Å². The summed E-state index contributed by atoms with van der Waals surface area (Å²) in [6.45, 7) is 0.806. The van der Waals surface area contributed by atoms with Gasteiger partial charge < -0.3 is 20.1 Å². The van der Waals surface area contributed by atoms with Crippen LogP contribution in [0.15, 0.2) is 30.3 Å². The summed E-state index contributed by atoms with van der Waals surface area (Å²) in [6, 6.07) is 9.10. The Labute approximate surface area is 162 Å². The second-order valence-electron chi connectivity index (χ2n) is 6.96. The van der Waals surface area contributed by atoms with E-state index in [1.807, 2.05) is 18.2 Å². The van der Waals surface area contributed by atoms with Crippen molar-refractivity contribution >= 4 is 29.5 Å². The maximum absolute atomic E-state index is 12.7. The molecule has 146 valence electrons. The van der Waals surface area contributed by atoms with Gasteiger partial charge in [-0.25, -0.2) is 4.79 Å². The minimum atomic E-state index is -1.18. The van der Waals surface area contributed by atoms with E-state index in [1.165, 1.54) is 11.8 Å². The van der Waals surface area contributed by atoms with Crippen LogP contribution >= 0.6 is 11.8 Å². The maximum Gasteiger partial charge on any atom is 0.330 e. The third-order valence-corrected chi connectivity index (χ3v) is 6.23. The third kappa shape index (κ3) is 4.74. The van der Waals surface area contributed by atoms with Crippen LogP contribution < -0.4 is 10.1 Å². The number of nitrogens with one attached hydrogen (secondary N) is 1. The molecule has 3 rings (SSSR count). The number of hydrogen-bond donors (Lipinski definition) is 2. The molecule has 0 radical (unpaired) electrons. The number of benzene rings is 1. The van der Waals surface area contributed by atoms with E-state index in [0.717, 1.165) is 5.75 Å². The van der Waals surface area contributed by atoms with Crippen LogP contribution in [0.3, 0.4) is 0 Å². The molecule has 0 aromatic heterocycles. The first-order valence-corrected chi connectivity index (χ1v) is 10.2. The summed E-state index contributed by atoms with van der Waals surface area (Å²) < 4.78 is 5.50. The van der Waals surface area contributed by atoms with Crippen LogP contribution in [0.25, 0.3) is 0 Å². The predicted molar refractivity (Wildman–Crippen MR) is 102 cm³/mol. The number of carboxylic acids is 1. The molecule has 0 spiro atoms. The zero-order valence-corrected chi connectivity index (χ0v) is 15.9. The summed E-state index contributed by atoms with van der Waals surface area (Å²) in [5, 5.41) is 12.3. The average Bonchev–Trinajstić information content (AvgIpc) is 3.17. The number of ether oxygens (including phenoxy) is 1. The minimum absolute atomic E-state index is 0.0753. The highest BCUT2D eigenvalue weighted by atomic mass is 32.2. The number of carboxylic acid groups (broad SMARTS) is 1. The average molecular weight is 392 g/mol. The topological polar surface area (TPSA) is 95.9 Å². The predicted octanol–water partition coefficient (Wildman–Crippen LogP) is 1.38. The quantitative estimate of drug-likeness (QED) is 0.759. The van der Waals surface area contributed by atoms with Crippen LogP contribution in [-0.4, -0.2) is 64.5 Å². The maximum atomic E-state index is 12.7. The summed E-state index contributed by atoms with van der Waals surface area (Å²) in [4.78, 5) is 38.3. The van der Waals surface area contributed by atoms with E-state index in [1.54, 1.807) is 17.0 Å². The van der Waals surface area contributed by atoms with Crippen molar-refractivity contribution in [2.75, 3.05) is 31.2 Å². The number of piperidine rings is 1. The summed E-state index contributed by atoms with van der Waals surface area (Å²) in [6.07, 6.45) is 1.79. The number of carbonyl (C=O) groups excluding carboxylic acids is 2. The molecule has 2 amide bonds. The number of hydrogen-bond acceptors (Lipinski definition) is 5. The van der Waals surface area contributed by atoms with Gasteiger partial charge in [0, 0.05) is 18.8 Å². The van der Waals surface area contributed by atoms with Gasteiger partial charge in [-0.3, -0.25) is 9.59 Å². The van der Waals surface area contributed by atoms with E-state index < -0.39 is 11.5 Å². The first kappa shape index (κ1) is 19.5. The Morgan fingerprint density at radius 3 is 2.74 bits per heavy atom. The summed E-state index contributed by atoms with van der Waals surface area (Å²) in [5.74, 6) is -0.0870. The zero-order chi connectivity index (χ0) is 19.3. The first-order valence-electron chi connectivity index (χ1n) is 9.09. The molecule has 2 aliphatic rings. The molecule has 2 unspecified atom stereocenters. The van der Waals surface area contributed by atoms with Crippen molar-refractivity contribution in [1.29, 1.82) is 0 Å². The van der Waals surface area contributed by atoms with Gasteiger partial charge in [0.1, 0.15) is 11.3 Å². The van der Waals surface area contributed by atoms with Crippen molar-refractivity contribution in [3.8, 4) is 5.75 Å². The lowest BCUT2D eigenvalue weighted by molar-refractivity contribution is -0.148. The molecule has 0 bridgehead atoms. The van der Waals surface area contributed by atoms with E-state index in [4.69, 9.17) is 4.74 Å². The second kappa shape index (κ2) is 8.65. The van der Waals surface area contributed by atoms with Gasteiger partial charge in [0.25, 0.3) is 5.91 Å². The Balaban J connectivity index is 1.54. The second-order valence-corrected chi connectivity index (χ2v) is 8.06. The lowest BCUT2D eigenvalue weighted by Crippen LogP contribution is -2.58. The molecule has 2 N–H and O–H groups in total. The van der Waals surface area contributed by atoms with Crippen LogP contribution in [0.4, 0.5) is 0 Å². The standard InChI is InChI=1S/C19H24N2O5S/c22-16(12-26-15-6-2-1-3-7-15)21-9-4-5-14(11-21)17(23)20-19(18(24)25)8-10-27-13-19/h1-3,6-7,14H,4-5,8-13H2,(H,20,23)(H,24,25). The van der Waals surface area contributed by atoms with Crippen molar-refractivity contribution in [3.05, 3.63) is 30.3 Å². The number of thioether (sulfide) groups is 1. The van der Waals surface area contributed by atoms with E-state index in [2.05, 4.69) is 5.32 Å². The van der Waals surface area contributed by atoms with Gasteiger partial charge in [-0.1, -0.05) is 18.2 Å². The molecular weight excluding hydrogens is 368 g/mol. The fourth-order valence-corrected chi connectivity index (χ4v) is 4.72. The van der Waals surface area contributed by atoms with Gasteiger partial charge in [-0.05, 0) is 37.1 Å². The van der Waals surface area contributed by atoms with Crippen LogP contribution in [-0.2, 0) is 14.4 Å². The number of likely N-dealkylation sites (tertiary alicyclic amines) is 1. The number of aliphatic carboxylic acids is 1. The van der Waals surface area contributed by atoms with Crippen LogP contribution in [0.2, 0.25) is 0 Å². The normalized spacial score (nSPS) is 25.0. The largest absolute Gasteiger partial charge is 0.484 e. The number of para-hydroxylation sites is 1. The monoisotopic (exact) mass is 392 g/mol. The molecule has 2 atom stereocenters. The minimum Gasteiger partial charge on any atom is -0.484 e. The van der Waals surface area contributed by atoms with Crippen molar-refractivity contribution in [1.82, 2.24) is 10.2 Å². The Hall–Kier alpha value is -2.22. The summed E-state index contributed by atoms with van der Waals surface area (Å²) in [5.41, 5.74) is -1.18. The molecule has 7 nitrogen and oxygen atoms in total. The molecule has 27 heavy (non-hydrogen) atoms. The van der Waals surface area contributed by atoms with E-state index in [0.29, 0.717) is 43.9 Å².